The summed E-state index contributed by atoms with van der Waals surface area (Å²) in [7, 11) is 0. The topological polar surface area (TPSA) is 52.5 Å². The number of hydrogen-bond donors (Lipinski definition) is 3. The highest BCUT2D eigenvalue weighted by atomic mass is 35.5. The minimum Gasteiger partial charge on any atom is -0.394 e. The Labute approximate surface area is 124 Å². The number of rotatable bonds is 6. The van der Waals surface area contributed by atoms with Gasteiger partial charge in [0, 0.05) is 27.8 Å². The zero-order valence-electron chi connectivity index (χ0n) is 11.6. The molecule has 0 aliphatic carbocycles. The largest absolute Gasteiger partial charge is 0.394 e. The third-order valence-corrected chi connectivity index (χ3v) is 3.97. The van der Waals surface area contributed by atoms with Crippen molar-refractivity contribution in [2.24, 2.45) is 0 Å². The molecule has 1 aromatic carbocycles. The first-order valence-electron chi connectivity index (χ1n) is 6.27. The van der Waals surface area contributed by atoms with Crippen LogP contribution in [0.25, 0.3) is 0 Å². The molecule has 3 N–H and O–H groups in total. The van der Waals surface area contributed by atoms with E-state index in [4.69, 9.17) is 16.7 Å². The molecule has 5 heteroatoms. The molecule has 19 heavy (non-hydrogen) atoms. The van der Waals surface area contributed by atoms with E-state index in [-0.39, 0.29) is 12.1 Å². The van der Waals surface area contributed by atoms with Crippen molar-refractivity contribution in [3.05, 3.63) is 28.8 Å². The van der Waals surface area contributed by atoms with E-state index in [2.05, 4.69) is 26.1 Å². The van der Waals surface area contributed by atoms with Crippen LogP contribution >= 0.6 is 23.4 Å². The van der Waals surface area contributed by atoms with E-state index < -0.39 is 6.10 Å². The molecule has 1 rings (SSSR count). The molecule has 0 aromatic heterocycles. The van der Waals surface area contributed by atoms with Gasteiger partial charge in [-0.3, -0.25) is 0 Å². The zero-order valence-corrected chi connectivity index (χ0v) is 13.2. The van der Waals surface area contributed by atoms with Crippen molar-refractivity contribution in [3.8, 4) is 0 Å². The molecule has 0 saturated heterocycles. The lowest BCUT2D eigenvalue weighted by molar-refractivity contribution is 0.113. The molecule has 0 spiro atoms. The summed E-state index contributed by atoms with van der Waals surface area (Å²) in [5.41, 5.74) is 1.15. The van der Waals surface area contributed by atoms with Gasteiger partial charge in [-0.1, -0.05) is 11.6 Å². The van der Waals surface area contributed by atoms with E-state index >= 15 is 0 Å². The Morgan fingerprint density at radius 2 is 2.05 bits per heavy atom. The first kappa shape index (κ1) is 16.8. The third-order valence-electron chi connectivity index (χ3n) is 2.47. The lowest BCUT2D eigenvalue weighted by atomic mass is 10.1. The highest BCUT2D eigenvalue weighted by molar-refractivity contribution is 7.99. The van der Waals surface area contributed by atoms with Crippen LogP contribution in [0, 0.1) is 0 Å². The number of nitrogens with one attached hydrogen (secondary N) is 1. The van der Waals surface area contributed by atoms with Crippen LogP contribution in [0.4, 0.5) is 0 Å². The predicted molar refractivity (Wildman–Crippen MR) is 81.9 cm³/mol. The Morgan fingerprint density at radius 1 is 1.37 bits per heavy atom. The van der Waals surface area contributed by atoms with Gasteiger partial charge in [0.2, 0.25) is 0 Å². The Kier molecular flexibility index (Phi) is 6.63. The van der Waals surface area contributed by atoms with E-state index in [1.54, 1.807) is 0 Å². The number of benzene rings is 1. The predicted octanol–water partition coefficient (Wildman–Crippen LogP) is 2.67. The quantitative estimate of drug-likeness (QED) is 0.707. The lowest BCUT2D eigenvalue weighted by Crippen LogP contribution is -2.35. The monoisotopic (exact) mass is 303 g/mol. The SMILES string of the molecule is CC(C)(C)NCc1cc(Cl)ccc1SCC(O)CO. The molecular weight excluding hydrogens is 282 g/mol. The van der Waals surface area contributed by atoms with Crippen molar-refractivity contribution in [1.82, 2.24) is 5.32 Å². The molecule has 0 aliphatic rings. The van der Waals surface area contributed by atoms with Crippen molar-refractivity contribution >= 4 is 23.4 Å². The maximum atomic E-state index is 9.41. The zero-order chi connectivity index (χ0) is 14.5. The summed E-state index contributed by atoms with van der Waals surface area (Å²) >= 11 is 7.56. The second-order valence-corrected chi connectivity index (χ2v) is 7.00. The molecule has 1 aromatic rings. The maximum Gasteiger partial charge on any atom is 0.0864 e. The summed E-state index contributed by atoms with van der Waals surface area (Å²) in [4.78, 5) is 1.08. The molecule has 0 saturated carbocycles. The average Bonchev–Trinajstić information content (AvgIpc) is 2.33. The van der Waals surface area contributed by atoms with Crippen LogP contribution in [-0.4, -0.2) is 34.2 Å². The molecule has 0 aliphatic heterocycles. The summed E-state index contributed by atoms with van der Waals surface area (Å²) in [6.45, 7) is 6.84. The van der Waals surface area contributed by atoms with Gasteiger partial charge in [0.25, 0.3) is 0 Å². The Morgan fingerprint density at radius 3 is 2.63 bits per heavy atom. The van der Waals surface area contributed by atoms with E-state index in [0.29, 0.717) is 10.8 Å². The number of thioether (sulfide) groups is 1. The normalized spacial score (nSPS) is 13.6. The summed E-state index contributed by atoms with van der Waals surface area (Å²) in [6, 6.07) is 5.74. The van der Waals surface area contributed by atoms with Crippen molar-refractivity contribution in [1.29, 1.82) is 0 Å². The third kappa shape index (κ3) is 6.63. The van der Waals surface area contributed by atoms with Crippen LogP contribution < -0.4 is 5.32 Å². The summed E-state index contributed by atoms with van der Waals surface area (Å²) < 4.78 is 0. The summed E-state index contributed by atoms with van der Waals surface area (Å²) in [5.74, 6) is 0.473. The Balaban J connectivity index is 2.74. The number of aliphatic hydroxyl groups excluding tert-OH is 2. The van der Waals surface area contributed by atoms with E-state index in [1.165, 1.54) is 11.8 Å². The minimum atomic E-state index is -0.691. The van der Waals surface area contributed by atoms with Gasteiger partial charge in [-0.2, -0.15) is 0 Å². The van der Waals surface area contributed by atoms with Gasteiger partial charge in [-0.25, -0.2) is 0 Å². The van der Waals surface area contributed by atoms with Gasteiger partial charge in [0.15, 0.2) is 0 Å². The first-order chi connectivity index (χ1) is 8.81. The fourth-order valence-corrected chi connectivity index (χ4v) is 2.58. The molecule has 0 bridgehead atoms. The van der Waals surface area contributed by atoms with E-state index in [0.717, 1.165) is 17.0 Å². The first-order valence-corrected chi connectivity index (χ1v) is 7.63. The van der Waals surface area contributed by atoms with Gasteiger partial charge in [0.05, 0.1) is 12.7 Å². The van der Waals surface area contributed by atoms with Gasteiger partial charge >= 0.3 is 0 Å². The molecule has 1 unspecified atom stereocenters. The molecule has 0 radical (unpaired) electrons. The average molecular weight is 304 g/mol. The second kappa shape index (κ2) is 7.50. The lowest BCUT2D eigenvalue weighted by Gasteiger charge is -2.22. The highest BCUT2D eigenvalue weighted by Gasteiger charge is 2.12. The van der Waals surface area contributed by atoms with E-state index in [9.17, 15) is 5.11 Å². The smallest absolute Gasteiger partial charge is 0.0864 e. The van der Waals surface area contributed by atoms with Crippen LogP contribution in [0.15, 0.2) is 23.1 Å². The van der Waals surface area contributed by atoms with Gasteiger partial charge in [-0.05, 0) is 44.5 Å². The summed E-state index contributed by atoms with van der Waals surface area (Å²) in [6.07, 6.45) is -0.691. The fourth-order valence-electron chi connectivity index (χ4n) is 1.43. The molecule has 1 atom stereocenters. The van der Waals surface area contributed by atoms with Crippen molar-refractivity contribution in [3.63, 3.8) is 0 Å². The molecule has 0 heterocycles. The van der Waals surface area contributed by atoms with Gasteiger partial charge in [0.1, 0.15) is 0 Å². The van der Waals surface area contributed by atoms with Crippen molar-refractivity contribution < 1.29 is 10.2 Å². The van der Waals surface area contributed by atoms with Crippen molar-refractivity contribution in [2.75, 3.05) is 12.4 Å². The fraction of sp³-hybridized carbons (Fsp3) is 0.571. The maximum absolute atomic E-state index is 9.41. The molecule has 0 fully saturated rings. The van der Waals surface area contributed by atoms with Crippen LogP contribution in [0.1, 0.15) is 26.3 Å². The second-order valence-electron chi connectivity index (χ2n) is 5.50. The molecule has 3 nitrogen and oxygen atoms in total. The van der Waals surface area contributed by atoms with Crippen LogP contribution in [0.5, 0.6) is 0 Å². The number of hydrogen-bond acceptors (Lipinski definition) is 4. The molecule has 108 valence electrons. The number of halogens is 1. The molecular formula is C14H22ClNO2S. The Bertz CT molecular complexity index is 407. The summed E-state index contributed by atoms with van der Waals surface area (Å²) in [5, 5.41) is 22.4. The molecule has 0 amide bonds. The number of aliphatic hydroxyl groups is 2. The standard InChI is InChI=1S/C14H22ClNO2S/c1-14(2,3)16-7-10-6-11(15)4-5-13(10)19-9-12(18)8-17/h4-6,12,16-18H,7-9H2,1-3H3. The van der Waals surface area contributed by atoms with E-state index in [1.807, 2.05) is 18.2 Å². The highest BCUT2D eigenvalue weighted by Crippen LogP contribution is 2.26. The van der Waals surface area contributed by atoms with Crippen LogP contribution in [-0.2, 0) is 6.54 Å². The van der Waals surface area contributed by atoms with Gasteiger partial charge in [-0.15, -0.1) is 11.8 Å². The Hall–Kier alpha value is -0.260. The van der Waals surface area contributed by atoms with Gasteiger partial charge < -0.3 is 15.5 Å². The van der Waals surface area contributed by atoms with Crippen molar-refractivity contribution in [2.45, 2.75) is 43.9 Å². The van der Waals surface area contributed by atoms with Crippen LogP contribution in [0.2, 0.25) is 5.02 Å². The van der Waals surface area contributed by atoms with Crippen LogP contribution in [0.3, 0.4) is 0 Å². The minimum absolute atomic E-state index is 0.0366.